The van der Waals surface area contributed by atoms with Crippen LogP contribution in [0.2, 0.25) is 0 Å². The summed E-state index contributed by atoms with van der Waals surface area (Å²) in [6, 6.07) is 1.87. The lowest BCUT2D eigenvalue weighted by molar-refractivity contribution is 0.0635. The molecule has 1 heterocycles. The van der Waals surface area contributed by atoms with Gasteiger partial charge in [-0.1, -0.05) is 20.8 Å². The van der Waals surface area contributed by atoms with Crippen molar-refractivity contribution in [2.45, 2.75) is 59.5 Å². The van der Waals surface area contributed by atoms with Crippen LogP contribution in [-0.2, 0) is 11.2 Å². The summed E-state index contributed by atoms with van der Waals surface area (Å²) in [7, 11) is 0. The van der Waals surface area contributed by atoms with Gasteiger partial charge in [-0.05, 0) is 20.8 Å². The molecule has 1 aromatic rings. The first-order valence-corrected chi connectivity index (χ1v) is 6.35. The molecule has 1 rings (SSSR count). The summed E-state index contributed by atoms with van der Waals surface area (Å²) in [4.78, 5) is 11.7. The van der Waals surface area contributed by atoms with Gasteiger partial charge in [-0.25, -0.2) is 4.79 Å². The van der Waals surface area contributed by atoms with E-state index >= 15 is 0 Å². The van der Waals surface area contributed by atoms with Gasteiger partial charge in [0.05, 0.1) is 5.69 Å². The summed E-state index contributed by atoms with van der Waals surface area (Å²) in [5, 5.41) is 2.74. The predicted molar refractivity (Wildman–Crippen MR) is 72.0 cm³/mol. The van der Waals surface area contributed by atoms with E-state index in [1.165, 1.54) is 0 Å². The minimum atomic E-state index is -0.499. The number of hydrogen-bond acceptors (Lipinski definition) is 3. The molecule has 0 fully saturated rings. The molecule has 102 valence electrons. The molecule has 0 radical (unpaired) electrons. The number of anilines is 1. The summed E-state index contributed by atoms with van der Waals surface area (Å²) < 4.78 is 10.9. The van der Waals surface area contributed by atoms with Gasteiger partial charge >= 0.3 is 6.09 Å². The minimum Gasteiger partial charge on any atom is -0.464 e. The molecule has 0 saturated carbocycles. The second-order valence-electron chi connectivity index (χ2n) is 5.62. The number of furan rings is 1. The van der Waals surface area contributed by atoms with E-state index in [1.807, 2.05) is 33.8 Å². The molecule has 4 heteroatoms. The van der Waals surface area contributed by atoms with E-state index in [2.05, 4.69) is 19.2 Å². The Morgan fingerprint density at radius 3 is 2.50 bits per heavy atom. The summed E-state index contributed by atoms with van der Waals surface area (Å²) in [6.07, 6.45) is 0.283. The van der Waals surface area contributed by atoms with Crippen molar-refractivity contribution in [1.29, 1.82) is 0 Å². The maximum atomic E-state index is 11.7. The third-order valence-corrected chi connectivity index (χ3v) is 2.35. The fourth-order valence-corrected chi connectivity index (χ4v) is 1.52. The predicted octanol–water partition coefficient (Wildman–Crippen LogP) is 4.31. The van der Waals surface area contributed by atoms with Gasteiger partial charge in [-0.15, -0.1) is 0 Å². The van der Waals surface area contributed by atoms with Crippen molar-refractivity contribution >= 4 is 11.8 Å². The van der Waals surface area contributed by atoms with E-state index in [0.29, 0.717) is 11.6 Å². The Hall–Kier alpha value is -1.45. The van der Waals surface area contributed by atoms with E-state index < -0.39 is 11.7 Å². The highest BCUT2D eigenvalue weighted by atomic mass is 16.6. The molecule has 0 saturated heterocycles. The van der Waals surface area contributed by atoms with Crippen LogP contribution < -0.4 is 5.32 Å². The molecule has 4 nitrogen and oxygen atoms in total. The Balaban J connectivity index is 2.80. The molecule has 0 aliphatic heterocycles. The zero-order valence-corrected chi connectivity index (χ0v) is 12.1. The molecule has 0 spiro atoms. The van der Waals surface area contributed by atoms with Gasteiger partial charge in [-0.2, -0.15) is 0 Å². The van der Waals surface area contributed by atoms with Crippen LogP contribution in [0, 0.1) is 0 Å². The molecule has 0 unspecified atom stereocenters. The lowest BCUT2D eigenvalue weighted by Crippen LogP contribution is -2.27. The third kappa shape index (κ3) is 4.09. The number of nitrogens with one attached hydrogen (secondary N) is 1. The standard InChI is InChI=1S/C14H23NO3/c1-7-11-10(8-12(17-11)9(2)3)15-13(16)18-14(4,5)6/h8-9H,7H2,1-6H3,(H,15,16). The molecule has 1 amide bonds. The minimum absolute atomic E-state index is 0.296. The molecule has 18 heavy (non-hydrogen) atoms. The first kappa shape index (κ1) is 14.6. The van der Waals surface area contributed by atoms with Crippen LogP contribution in [-0.4, -0.2) is 11.7 Å². The average molecular weight is 253 g/mol. The zero-order chi connectivity index (χ0) is 13.9. The molecule has 0 atom stereocenters. The van der Waals surface area contributed by atoms with Crippen LogP contribution >= 0.6 is 0 Å². The highest BCUT2D eigenvalue weighted by Gasteiger charge is 2.19. The number of carbonyl (C=O) groups is 1. The Kier molecular flexibility index (Phi) is 4.43. The van der Waals surface area contributed by atoms with Crippen LogP contribution in [0.5, 0.6) is 0 Å². The smallest absolute Gasteiger partial charge is 0.412 e. The van der Waals surface area contributed by atoms with Crippen LogP contribution in [0.15, 0.2) is 10.5 Å². The first-order chi connectivity index (χ1) is 8.23. The summed E-state index contributed by atoms with van der Waals surface area (Å²) in [6.45, 7) is 11.6. The normalized spacial score (nSPS) is 11.7. The number of carbonyl (C=O) groups excluding carboxylic acids is 1. The fourth-order valence-electron chi connectivity index (χ4n) is 1.52. The van der Waals surface area contributed by atoms with Crippen molar-refractivity contribution in [2.24, 2.45) is 0 Å². The van der Waals surface area contributed by atoms with Gasteiger partial charge in [0.15, 0.2) is 0 Å². The third-order valence-electron chi connectivity index (χ3n) is 2.35. The fraction of sp³-hybridized carbons (Fsp3) is 0.643. The first-order valence-electron chi connectivity index (χ1n) is 6.35. The monoisotopic (exact) mass is 253 g/mol. The van der Waals surface area contributed by atoms with Gasteiger partial charge < -0.3 is 9.15 Å². The second kappa shape index (κ2) is 5.46. The van der Waals surface area contributed by atoms with Gasteiger partial charge in [0.2, 0.25) is 0 Å². The zero-order valence-electron chi connectivity index (χ0n) is 12.1. The highest BCUT2D eigenvalue weighted by molar-refractivity contribution is 5.85. The van der Waals surface area contributed by atoms with E-state index in [-0.39, 0.29) is 0 Å². The quantitative estimate of drug-likeness (QED) is 0.873. The van der Waals surface area contributed by atoms with Crippen molar-refractivity contribution in [3.8, 4) is 0 Å². The maximum absolute atomic E-state index is 11.7. The Bertz CT molecular complexity index is 413. The van der Waals surface area contributed by atoms with Crippen molar-refractivity contribution in [1.82, 2.24) is 0 Å². The topological polar surface area (TPSA) is 51.5 Å². The van der Waals surface area contributed by atoms with Crippen LogP contribution in [0.25, 0.3) is 0 Å². The largest absolute Gasteiger partial charge is 0.464 e. The Morgan fingerprint density at radius 1 is 1.44 bits per heavy atom. The number of rotatable bonds is 3. The molecular weight excluding hydrogens is 230 g/mol. The van der Waals surface area contributed by atoms with Crippen LogP contribution in [0.4, 0.5) is 10.5 Å². The van der Waals surface area contributed by atoms with Crippen molar-refractivity contribution in [3.63, 3.8) is 0 Å². The van der Waals surface area contributed by atoms with E-state index in [0.717, 1.165) is 17.9 Å². The molecule has 0 aliphatic carbocycles. The summed E-state index contributed by atoms with van der Waals surface area (Å²) in [5.41, 5.74) is 0.205. The number of aryl methyl sites for hydroxylation is 1. The maximum Gasteiger partial charge on any atom is 0.412 e. The van der Waals surface area contributed by atoms with Crippen LogP contribution in [0.3, 0.4) is 0 Å². The molecule has 0 aromatic carbocycles. The summed E-state index contributed by atoms with van der Waals surface area (Å²) >= 11 is 0. The highest BCUT2D eigenvalue weighted by Crippen LogP contribution is 2.27. The number of amides is 1. The molecular formula is C14H23NO3. The Labute approximate surface area is 109 Å². The van der Waals surface area contributed by atoms with Gasteiger partial charge in [-0.3, -0.25) is 5.32 Å². The molecule has 0 bridgehead atoms. The van der Waals surface area contributed by atoms with Gasteiger partial charge in [0, 0.05) is 18.4 Å². The average Bonchev–Trinajstić information content (AvgIpc) is 2.57. The SMILES string of the molecule is CCc1oc(C(C)C)cc1NC(=O)OC(C)(C)C. The Morgan fingerprint density at radius 2 is 2.06 bits per heavy atom. The van der Waals surface area contributed by atoms with E-state index in [1.54, 1.807) is 0 Å². The van der Waals surface area contributed by atoms with Gasteiger partial charge in [0.25, 0.3) is 0 Å². The molecule has 1 aromatic heterocycles. The molecule has 1 N–H and O–H groups in total. The number of hydrogen-bond donors (Lipinski definition) is 1. The van der Waals surface area contributed by atoms with Crippen molar-refractivity contribution in [3.05, 3.63) is 17.6 Å². The molecule has 0 aliphatic rings. The summed E-state index contributed by atoms with van der Waals surface area (Å²) in [5.74, 6) is 1.95. The van der Waals surface area contributed by atoms with E-state index in [4.69, 9.17) is 9.15 Å². The lowest BCUT2D eigenvalue weighted by Gasteiger charge is -2.19. The number of ether oxygens (including phenoxy) is 1. The van der Waals surface area contributed by atoms with Gasteiger partial charge in [0.1, 0.15) is 17.1 Å². The van der Waals surface area contributed by atoms with E-state index in [9.17, 15) is 4.79 Å². The van der Waals surface area contributed by atoms with Crippen molar-refractivity contribution < 1.29 is 13.9 Å². The lowest BCUT2D eigenvalue weighted by atomic mass is 10.1. The van der Waals surface area contributed by atoms with Crippen LogP contribution in [0.1, 0.15) is 59.0 Å². The second-order valence-corrected chi connectivity index (χ2v) is 5.62. The van der Waals surface area contributed by atoms with Crippen molar-refractivity contribution in [2.75, 3.05) is 5.32 Å².